The van der Waals surface area contributed by atoms with Gasteiger partial charge in [0.25, 0.3) is 5.78 Å². The molecule has 40 heavy (non-hydrogen) atoms. The molecule has 1 atom stereocenters. The molecule has 4 rings (SSSR count). The van der Waals surface area contributed by atoms with Gasteiger partial charge in [0.2, 0.25) is 0 Å². The maximum atomic E-state index is 13.5. The van der Waals surface area contributed by atoms with Crippen LogP contribution in [0.4, 0.5) is 5.13 Å². The highest BCUT2D eigenvalue weighted by molar-refractivity contribution is 7.17. The molecular weight excluding hydrogens is 532 g/mol. The van der Waals surface area contributed by atoms with Crippen LogP contribution in [0.1, 0.15) is 52.8 Å². The van der Waals surface area contributed by atoms with Crippen LogP contribution in [0.25, 0.3) is 5.76 Å². The predicted octanol–water partition coefficient (Wildman–Crippen LogP) is 5.61. The molecule has 1 amide bonds. The van der Waals surface area contributed by atoms with Gasteiger partial charge in [-0.25, -0.2) is 9.78 Å². The number of hydrogen-bond acceptors (Lipinski definition) is 9. The van der Waals surface area contributed by atoms with Crippen LogP contribution in [0.5, 0.6) is 11.5 Å². The van der Waals surface area contributed by atoms with Gasteiger partial charge in [0.15, 0.2) is 5.13 Å². The summed E-state index contributed by atoms with van der Waals surface area (Å²) in [6, 6.07) is 12.6. The van der Waals surface area contributed by atoms with E-state index in [1.807, 2.05) is 13.8 Å². The number of carbonyl (C=O) groups is 3. The van der Waals surface area contributed by atoms with Gasteiger partial charge in [0.05, 0.1) is 30.5 Å². The number of rotatable bonds is 11. The number of benzene rings is 2. The summed E-state index contributed by atoms with van der Waals surface area (Å²) >= 11 is 0.936. The average Bonchev–Trinajstić information content (AvgIpc) is 3.47. The summed E-state index contributed by atoms with van der Waals surface area (Å²) in [4.78, 5) is 45.4. The van der Waals surface area contributed by atoms with Gasteiger partial charge in [-0.15, -0.1) is 0 Å². The topological polar surface area (TPSA) is 115 Å². The summed E-state index contributed by atoms with van der Waals surface area (Å²) in [6.45, 7) is 9.98. The quantitative estimate of drug-likeness (QED) is 0.105. The van der Waals surface area contributed by atoms with Gasteiger partial charge in [-0.3, -0.25) is 14.5 Å². The molecule has 9 nitrogen and oxygen atoms in total. The third-order valence-electron chi connectivity index (χ3n) is 6.04. The second kappa shape index (κ2) is 12.6. The first-order chi connectivity index (χ1) is 19.3. The number of ketones is 1. The van der Waals surface area contributed by atoms with Crippen LogP contribution in [0.3, 0.4) is 0 Å². The maximum absolute atomic E-state index is 13.5. The van der Waals surface area contributed by atoms with Crippen molar-refractivity contribution in [3.8, 4) is 11.5 Å². The summed E-state index contributed by atoms with van der Waals surface area (Å²) in [5.41, 5.74) is 1.12. The van der Waals surface area contributed by atoms with Crippen LogP contribution in [0.2, 0.25) is 0 Å². The van der Waals surface area contributed by atoms with Gasteiger partial charge in [0.1, 0.15) is 28.7 Å². The van der Waals surface area contributed by atoms with Gasteiger partial charge in [-0.1, -0.05) is 55.2 Å². The highest BCUT2D eigenvalue weighted by atomic mass is 32.1. The van der Waals surface area contributed by atoms with Crippen molar-refractivity contribution in [2.24, 2.45) is 0 Å². The second-order valence-corrected chi connectivity index (χ2v) is 9.82. The number of ether oxygens (including phenoxy) is 3. The van der Waals surface area contributed by atoms with E-state index in [0.717, 1.165) is 17.8 Å². The molecule has 3 aromatic rings. The normalized spacial score (nSPS) is 16.2. The van der Waals surface area contributed by atoms with Gasteiger partial charge in [-0.05, 0) is 50.1 Å². The number of hydrogen-bond donors (Lipinski definition) is 1. The van der Waals surface area contributed by atoms with E-state index in [1.54, 1.807) is 55.5 Å². The lowest BCUT2D eigenvalue weighted by Gasteiger charge is -2.23. The number of aliphatic hydroxyl groups excluding tert-OH is 1. The van der Waals surface area contributed by atoms with E-state index >= 15 is 0 Å². The first kappa shape index (κ1) is 28.6. The van der Waals surface area contributed by atoms with Gasteiger partial charge in [-0.2, -0.15) is 0 Å². The summed E-state index contributed by atoms with van der Waals surface area (Å²) < 4.78 is 16.4. The van der Waals surface area contributed by atoms with E-state index in [-0.39, 0.29) is 27.9 Å². The predicted molar refractivity (Wildman–Crippen MR) is 152 cm³/mol. The van der Waals surface area contributed by atoms with Crippen LogP contribution in [-0.4, -0.2) is 47.6 Å². The van der Waals surface area contributed by atoms with Crippen molar-refractivity contribution in [3.63, 3.8) is 0 Å². The standard InChI is InChI=1S/C30H30N2O7S/c1-5-15-38-22-10-8-9-20(17-22)25(33)23-24(19-11-13-21(14-12-19)37-7-3)32(28(35)26(23)34)30-31-18(4)27(40-30)29(36)39-16-6-2/h6,8-14,17,24,33H,2,5,7,15-16H2,1,3-4H3. The largest absolute Gasteiger partial charge is 0.507 e. The van der Waals surface area contributed by atoms with Crippen molar-refractivity contribution in [3.05, 3.63) is 88.5 Å². The van der Waals surface area contributed by atoms with Crippen LogP contribution in [0.15, 0.2) is 66.8 Å². The van der Waals surface area contributed by atoms with Gasteiger partial charge < -0.3 is 19.3 Å². The van der Waals surface area contributed by atoms with E-state index in [2.05, 4.69) is 11.6 Å². The zero-order valence-corrected chi connectivity index (χ0v) is 23.3. The highest BCUT2D eigenvalue weighted by Crippen LogP contribution is 2.44. The smallest absolute Gasteiger partial charge is 0.350 e. The number of carbonyl (C=O) groups excluding carboxylic acids is 3. The van der Waals surface area contributed by atoms with Crippen LogP contribution < -0.4 is 14.4 Å². The second-order valence-electron chi connectivity index (χ2n) is 8.85. The van der Waals surface area contributed by atoms with Crippen molar-refractivity contribution in [2.75, 3.05) is 24.7 Å². The first-order valence-electron chi connectivity index (χ1n) is 12.8. The molecule has 1 fully saturated rings. The summed E-state index contributed by atoms with van der Waals surface area (Å²) in [6.07, 6.45) is 2.25. The number of nitrogens with zero attached hydrogens (tertiary/aromatic N) is 2. The lowest BCUT2D eigenvalue weighted by atomic mass is 9.95. The lowest BCUT2D eigenvalue weighted by molar-refractivity contribution is -0.132. The molecule has 0 radical (unpaired) electrons. The van der Waals surface area contributed by atoms with E-state index in [0.29, 0.717) is 41.5 Å². The van der Waals surface area contributed by atoms with Crippen LogP contribution in [0, 0.1) is 6.92 Å². The van der Waals surface area contributed by atoms with Crippen LogP contribution >= 0.6 is 11.3 Å². The maximum Gasteiger partial charge on any atom is 0.350 e. The monoisotopic (exact) mass is 562 g/mol. The number of aryl methyl sites for hydroxylation is 1. The molecule has 1 unspecified atom stereocenters. The first-order valence-corrected chi connectivity index (χ1v) is 13.6. The molecule has 2 aromatic carbocycles. The molecule has 1 saturated heterocycles. The number of Topliss-reactive ketones (excluding diaryl/α,β-unsaturated/α-hetero) is 1. The molecule has 0 saturated carbocycles. The molecule has 0 bridgehead atoms. The lowest BCUT2D eigenvalue weighted by Crippen LogP contribution is -2.29. The fourth-order valence-corrected chi connectivity index (χ4v) is 5.23. The molecule has 10 heteroatoms. The zero-order chi connectivity index (χ0) is 28.8. The highest BCUT2D eigenvalue weighted by Gasteiger charge is 2.48. The van der Waals surface area contributed by atoms with E-state index < -0.39 is 23.7 Å². The molecule has 1 N–H and O–H groups in total. The molecule has 1 aliphatic rings. The third kappa shape index (κ3) is 5.76. The van der Waals surface area contributed by atoms with E-state index in [4.69, 9.17) is 14.2 Å². The Balaban J connectivity index is 1.85. The van der Waals surface area contributed by atoms with Crippen molar-refractivity contribution in [2.45, 2.75) is 33.2 Å². The Morgan fingerprint density at radius 1 is 1.12 bits per heavy atom. The Kier molecular flexibility index (Phi) is 9.00. The number of amides is 1. The molecule has 1 aromatic heterocycles. The molecular formula is C30H30N2O7S. The van der Waals surface area contributed by atoms with Crippen LogP contribution in [-0.2, 0) is 14.3 Å². The molecule has 0 aliphatic carbocycles. The fourth-order valence-electron chi connectivity index (χ4n) is 4.24. The molecule has 208 valence electrons. The number of esters is 1. The van der Waals surface area contributed by atoms with Gasteiger partial charge in [0, 0.05) is 5.56 Å². The third-order valence-corrected chi connectivity index (χ3v) is 7.18. The summed E-state index contributed by atoms with van der Waals surface area (Å²) in [5.74, 6) is -1.57. The molecule has 2 heterocycles. The number of anilines is 1. The van der Waals surface area contributed by atoms with Gasteiger partial charge >= 0.3 is 11.9 Å². The zero-order valence-electron chi connectivity index (χ0n) is 22.5. The summed E-state index contributed by atoms with van der Waals surface area (Å²) in [7, 11) is 0. The SMILES string of the molecule is C=CCOC(=O)c1sc(N2C(=O)C(=O)C(=C(O)c3cccc(OCCC)c3)C2c2ccc(OCC)cc2)nc1C. The Hall–Kier alpha value is -4.44. The Labute approximate surface area is 236 Å². The summed E-state index contributed by atoms with van der Waals surface area (Å²) in [5, 5.41) is 11.6. The minimum Gasteiger partial charge on any atom is -0.507 e. The minimum absolute atomic E-state index is 0.0171. The van der Waals surface area contributed by atoms with E-state index in [9.17, 15) is 19.5 Å². The Morgan fingerprint density at radius 2 is 1.88 bits per heavy atom. The number of thiazole rings is 1. The van der Waals surface area contributed by atoms with Crippen molar-refractivity contribution >= 4 is 39.9 Å². The van der Waals surface area contributed by atoms with Crippen molar-refractivity contribution in [1.82, 2.24) is 4.98 Å². The molecule has 1 aliphatic heterocycles. The van der Waals surface area contributed by atoms with Crippen molar-refractivity contribution < 1.29 is 33.7 Å². The average molecular weight is 563 g/mol. The minimum atomic E-state index is -1.02. The Morgan fingerprint density at radius 3 is 2.55 bits per heavy atom. The van der Waals surface area contributed by atoms with E-state index in [1.165, 1.54) is 11.0 Å². The molecule has 0 spiro atoms. The Bertz CT molecular complexity index is 1460. The number of aromatic nitrogens is 1. The fraction of sp³-hybridized carbons (Fsp3) is 0.267. The number of aliphatic hydroxyl groups is 1. The van der Waals surface area contributed by atoms with Crippen molar-refractivity contribution in [1.29, 1.82) is 0 Å².